The van der Waals surface area contributed by atoms with Crippen LogP contribution in [-0.4, -0.2) is 34.5 Å². The number of alkyl halides is 3. The van der Waals surface area contributed by atoms with Gasteiger partial charge in [0.15, 0.2) is 0 Å². The first kappa shape index (κ1) is 16.9. The van der Waals surface area contributed by atoms with Crippen molar-refractivity contribution in [3.8, 4) is 5.92 Å². The van der Waals surface area contributed by atoms with Gasteiger partial charge in [-0.15, -0.1) is 0 Å². The van der Waals surface area contributed by atoms with Gasteiger partial charge >= 0.3 is 12.1 Å². The summed E-state index contributed by atoms with van der Waals surface area (Å²) in [6.45, 7) is 0.190. The summed E-state index contributed by atoms with van der Waals surface area (Å²) in [5.74, 6) is -0.233. The second kappa shape index (κ2) is 6.32. The average molecular weight is 324 g/mol. The third-order valence-corrected chi connectivity index (χ3v) is 3.76. The van der Waals surface area contributed by atoms with E-state index in [0.717, 1.165) is 17.0 Å². The van der Waals surface area contributed by atoms with Crippen molar-refractivity contribution in [3.05, 3.63) is 41.3 Å². The first-order valence-electron chi connectivity index (χ1n) is 6.93. The van der Waals surface area contributed by atoms with E-state index in [9.17, 15) is 22.8 Å². The molecule has 0 bridgehead atoms. The predicted octanol–water partition coefficient (Wildman–Crippen LogP) is 2.72. The highest BCUT2D eigenvalue weighted by atomic mass is 19.4. The van der Waals surface area contributed by atoms with Crippen LogP contribution in [0.25, 0.3) is 0 Å². The fourth-order valence-electron chi connectivity index (χ4n) is 2.62. The van der Waals surface area contributed by atoms with Crippen LogP contribution in [0.4, 0.5) is 13.2 Å². The molecule has 1 amide bonds. The lowest BCUT2D eigenvalue weighted by Crippen LogP contribution is -2.48. The molecule has 7 heteroatoms. The molecule has 0 aromatic heterocycles. The summed E-state index contributed by atoms with van der Waals surface area (Å²) < 4.78 is 39.0. The summed E-state index contributed by atoms with van der Waals surface area (Å²) in [5.41, 5.74) is -1.85. The SMILES string of the molecule is [C]#Cc1ccc(C(=O)N2CCCCC2C(=O)O)cc1C(F)(F)F. The first-order chi connectivity index (χ1) is 10.8. The number of carbonyl (C=O) groups is 2. The number of nitrogens with zero attached hydrogens (tertiary/aromatic N) is 1. The monoisotopic (exact) mass is 324 g/mol. The molecule has 2 rings (SSSR count). The highest BCUT2D eigenvalue weighted by Gasteiger charge is 2.36. The number of rotatable bonds is 2. The van der Waals surface area contributed by atoms with E-state index in [4.69, 9.17) is 11.5 Å². The van der Waals surface area contributed by atoms with Gasteiger partial charge in [-0.1, -0.05) is 5.92 Å². The van der Waals surface area contributed by atoms with Gasteiger partial charge in [0.2, 0.25) is 0 Å². The Kier molecular flexibility index (Phi) is 4.64. The molecule has 0 aliphatic carbocycles. The second-order valence-electron chi connectivity index (χ2n) is 5.23. The lowest BCUT2D eigenvalue weighted by molar-refractivity contribution is -0.143. The lowest BCUT2D eigenvalue weighted by atomic mass is 9.99. The summed E-state index contributed by atoms with van der Waals surface area (Å²) >= 11 is 0. The molecule has 1 aliphatic heterocycles. The molecule has 1 unspecified atom stereocenters. The molecular formula is C16H13F3NO3. The number of hydrogen-bond donors (Lipinski definition) is 1. The van der Waals surface area contributed by atoms with Gasteiger partial charge in [0, 0.05) is 17.7 Å². The molecule has 23 heavy (non-hydrogen) atoms. The minimum atomic E-state index is -4.73. The highest BCUT2D eigenvalue weighted by molar-refractivity contribution is 5.97. The topological polar surface area (TPSA) is 57.6 Å². The molecule has 0 saturated carbocycles. The molecule has 1 atom stereocenters. The number of carboxylic acids is 1. The van der Waals surface area contributed by atoms with Crippen LogP contribution in [0.3, 0.4) is 0 Å². The van der Waals surface area contributed by atoms with Crippen LogP contribution in [-0.2, 0) is 11.0 Å². The molecule has 1 fully saturated rings. The van der Waals surface area contributed by atoms with Gasteiger partial charge in [0.1, 0.15) is 6.04 Å². The number of amides is 1. The zero-order valence-corrected chi connectivity index (χ0v) is 12.0. The van der Waals surface area contributed by atoms with Crippen molar-refractivity contribution < 1.29 is 27.9 Å². The van der Waals surface area contributed by atoms with E-state index in [2.05, 4.69) is 0 Å². The Morgan fingerprint density at radius 1 is 1.30 bits per heavy atom. The van der Waals surface area contributed by atoms with Gasteiger partial charge in [-0.3, -0.25) is 4.79 Å². The number of halogens is 3. The van der Waals surface area contributed by atoms with Crippen LogP contribution in [0.5, 0.6) is 0 Å². The normalized spacial score (nSPS) is 18.3. The zero-order chi connectivity index (χ0) is 17.2. The molecule has 1 aromatic rings. The fourth-order valence-corrected chi connectivity index (χ4v) is 2.62. The van der Waals surface area contributed by atoms with Gasteiger partial charge in [0.05, 0.1) is 5.56 Å². The van der Waals surface area contributed by atoms with Crippen LogP contribution in [0.1, 0.15) is 40.7 Å². The van der Waals surface area contributed by atoms with E-state index in [-0.39, 0.29) is 18.5 Å². The third-order valence-electron chi connectivity index (χ3n) is 3.76. The second-order valence-corrected chi connectivity index (χ2v) is 5.23. The van der Waals surface area contributed by atoms with Crippen molar-refractivity contribution in [2.24, 2.45) is 0 Å². The minimum Gasteiger partial charge on any atom is -0.480 e. The Morgan fingerprint density at radius 2 is 2.00 bits per heavy atom. The molecule has 4 nitrogen and oxygen atoms in total. The van der Waals surface area contributed by atoms with Crippen LogP contribution in [0, 0.1) is 12.3 Å². The molecule has 1 radical (unpaired) electrons. The summed E-state index contributed by atoms with van der Waals surface area (Å²) in [4.78, 5) is 24.7. The minimum absolute atomic E-state index is 0.190. The van der Waals surface area contributed by atoms with E-state index < -0.39 is 35.2 Å². The van der Waals surface area contributed by atoms with Crippen molar-refractivity contribution in [1.82, 2.24) is 4.90 Å². The van der Waals surface area contributed by atoms with E-state index >= 15 is 0 Å². The van der Waals surface area contributed by atoms with E-state index in [1.807, 2.05) is 0 Å². The Labute approximate surface area is 130 Å². The molecule has 121 valence electrons. The number of benzene rings is 1. The van der Waals surface area contributed by atoms with Gasteiger partial charge in [0.25, 0.3) is 5.91 Å². The Hall–Kier alpha value is -2.49. The first-order valence-corrected chi connectivity index (χ1v) is 6.93. The Morgan fingerprint density at radius 3 is 2.57 bits per heavy atom. The molecule has 1 saturated heterocycles. The van der Waals surface area contributed by atoms with Crippen LogP contribution in [0.15, 0.2) is 18.2 Å². The maximum Gasteiger partial charge on any atom is 0.417 e. The zero-order valence-electron chi connectivity index (χ0n) is 12.0. The van der Waals surface area contributed by atoms with Crippen molar-refractivity contribution in [2.45, 2.75) is 31.5 Å². The third kappa shape index (κ3) is 3.47. The lowest BCUT2D eigenvalue weighted by Gasteiger charge is -2.33. The Balaban J connectivity index is 2.40. The quantitative estimate of drug-likeness (QED) is 0.851. The summed E-state index contributed by atoms with van der Waals surface area (Å²) in [7, 11) is 0. The van der Waals surface area contributed by atoms with E-state index in [0.29, 0.717) is 18.9 Å². The number of carbonyl (C=O) groups excluding carboxylic acids is 1. The number of hydrogen-bond acceptors (Lipinski definition) is 2. The summed E-state index contributed by atoms with van der Waals surface area (Å²) in [6.07, 6.45) is 3.71. The number of carboxylic acid groups (broad SMARTS) is 1. The number of likely N-dealkylation sites (tertiary alicyclic amines) is 1. The van der Waals surface area contributed by atoms with Crippen molar-refractivity contribution >= 4 is 11.9 Å². The molecule has 1 aliphatic rings. The van der Waals surface area contributed by atoms with Gasteiger partial charge in [-0.25, -0.2) is 4.79 Å². The number of aliphatic carboxylic acids is 1. The van der Waals surface area contributed by atoms with Gasteiger partial charge in [-0.2, -0.15) is 13.2 Å². The number of piperidine rings is 1. The van der Waals surface area contributed by atoms with E-state index in [1.165, 1.54) is 0 Å². The average Bonchev–Trinajstić information content (AvgIpc) is 2.52. The van der Waals surface area contributed by atoms with Crippen LogP contribution < -0.4 is 0 Å². The predicted molar refractivity (Wildman–Crippen MR) is 74.0 cm³/mol. The summed E-state index contributed by atoms with van der Waals surface area (Å²) in [5, 5.41) is 9.16. The molecule has 1 heterocycles. The Bertz CT molecular complexity index is 676. The van der Waals surface area contributed by atoms with Crippen LogP contribution >= 0.6 is 0 Å². The maximum absolute atomic E-state index is 13.0. The molecule has 0 spiro atoms. The molecule has 1 aromatic carbocycles. The van der Waals surface area contributed by atoms with Gasteiger partial charge in [-0.05, 0) is 43.9 Å². The van der Waals surface area contributed by atoms with Crippen molar-refractivity contribution in [1.29, 1.82) is 0 Å². The van der Waals surface area contributed by atoms with Crippen molar-refractivity contribution in [2.75, 3.05) is 6.54 Å². The maximum atomic E-state index is 13.0. The largest absolute Gasteiger partial charge is 0.480 e. The fraction of sp³-hybridized carbons (Fsp3) is 0.375. The van der Waals surface area contributed by atoms with E-state index in [1.54, 1.807) is 5.92 Å². The highest BCUT2D eigenvalue weighted by Crippen LogP contribution is 2.33. The molecular weight excluding hydrogens is 311 g/mol. The van der Waals surface area contributed by atoms with Gasteiger partial charge < -0.3 is 10.0 Å². The summed E-state index contributed by atoms with van der Waals surface area (Å²) in [6, 6.07) is 1.76. The standard InChI is InChI=1S/C16H13F3NO3/c1-2-10-6-7-11(9-12(10)16(17,18)19)14(21)20-8-4-3-5-13(20)15(22)23/h6-7,9,13H,3-5,8H2,(H,22,23). The van der Waals surface area contributed by atoms with Crippen molar-refractivity contribution in [3.63, 3.8) is 0 Å². The molecule has 1 N–H and O–H groups in total. The van der Waals surface area contributed by atoms with Crippen LogP contribution in [0.2, 0.25) is 0 Å². The smallest absolute Gasteiger partial charge is 0.417 e.